The Kier molecular flexibility index (Phi) is 6.04. The van der Waals surface area contributed by atoms with Crippen LogP contribution in [0, 0.1) is 6.92 Å². The summed E-state index contributed by atoms with van der Waals surface area (Å²) < 4.78 is 2.32. The second kappa shape index (κ2) is 10.5. The van der Waals surface area contributed by atoms with Gasteiger partial charge in [0, 0.05) is 28.9 Å². The van der Waals surface area contributed by atoms with Crippen molar-refractivity contribution < 1.29 is 0 Å². The summed E-state index contributed by atoms with van der Waals surface area (Å²) in [6.45, 7) is 2.02. The largest absolute Gasteiger partial charge is 0.308 e. The molecule has 9 aromatic rings. The predicted octanol–water partition coefficient (Wildman–Crippen LogP) is 11.2. The van der Waals surface area contributed by atoms with Crippen molar-refractivity contribution in [2.45, 2.75) is 6.92 Å². The summed E-state index contributed by atoms with van der Waals surface area (Å²) in [5.74, 6) is 0. The maximum atomic E-state index is 4.64. The first kappa shape index (κ1) is 26.4. The first-order chi connectivity index (χ1) is 22.8. The van der Waals surface area contributed by atoms with Gasteiger partial charge in [0.15, 0.2) is 0 Å². The Labute approximate surface area is 267 Å². The molecular weight excluding hydrogens is 558 g/mol. The van der Waals surface area contributed by atoms with E-state index in [1.807, 2.05) is 25.5 Å². The van der Waals surface area contributed by atoms with Gasteiger partial charge in [0.25, 0.3) is 0 Å². The molecule has 46 heavy (non-hydrogen) atoms. The molecule has 0 fully saturated rings. The molecule has 3 nitrogen and oxygen atoms in total. The fourth-order valence-corrected chi connectivity index (χ4v) is 7.19. The average molecular weight is 588 g/mol. The van der Waals surface area contributed by atoms with Crippen LogP contribution in [-0.4, -0.2) is 14.5 Å². The molecule has 0 atom stereocenters. The smallest absolute Gasteiger partial charge is 0.0645 e. The van der Waals surface area contributed by atoms with E-state index in [0.29, 0.717) is 0 Å². The van der Waals surface area contributed by atoms with E-state index in [1.54, 1.807) is 0 Å². The summed E-state index contributed by atoms with van der Waals surface area (Å²) in [6.07, 6.45) is 5.80. The van der Waals surface area contributed by atoms with E-state index in [9.17, 15) is 0 Å². The zero-order chi connectivity index (χ0) is 30.6. The van der Waals surface area contributed by atoms with Gasteiger partial charge in [-0.05, 0) is 86.1 Å². The van der Waals surface area contributed by atoms with Crippen LogP contribution in [0.1, 0.15) is 5.69 Å². The molecule has 216 valence electrons. The van der Waals surface area contributed by atoms with Crippen LogP contribution in [-0.2, 0) is 0 Å². The molecular formula is C43H29N3. The van der Waals surface area contributed by atoms with Crippen LogP contribution in [0.2, 0.25) is 0 Å². The van der Waals surface area contributed by atoms with Crippen molar-refractivity contribution in [2.75, 3.05) is 0 Å². The lowest BCUT2D eigenvalue weighted by molar-refractivity contribution is 1.11. The van der Waals surface area contributed by atoms with Crippen molar-refractivity contribution in [3.8, 4) is 39.1 Å². The quantitative estimate of drug-likeness (QED) is 0.192. The van der Waals surface area contributed by atoms with Gasteiger partial charge < -0.3 is 4.57 Å². The Bertz CT molecular complexity index is 2520. The molecule has 0 bridgehead atoms. The van der Waals surface area contributed by atoms with Crippen LogP contribution in [0.4, 0.5) is 0 Å². The van der Waals surface area contributed by atoms with E-state index >= 15 is 0 Å². The number of aromatic nitrogens is 3. The van der Waals surface area contributed by atoms with Gasteiger partial charge in [0.05, 0.1) is 22.9 Å². The Balaban J connectivity index is 1.37. The zero-order valence-electron chi connectivity index (χ0n) is 25.4. The zero-order valence-corrected chi connectivity index (χ0v) is 25.4. The van der Waals surface area contributed by atoms with E-state index in [0.717, 1.165) is 27.8 Å². The van der Waals surface area contributed by atoms with Crippen molar-refractivity contribution in [3.63, 3.8) is 0 Å². The molecule has 3 heteroatoms. The molecule has 0 unspecified atom stereocenters. The molecule has 0 radical (unpaired) electrons. The second-order valence-electron chi connectivity index (χ2n) is 11.9. The van der Waals surface area contributed by atoms with E-state index in [4.69, 9.17) is 0 Å². The summed E-state index contributed by atoms with van der Waals surface area (Å²) in [7, 11) is 0. The lowest BCUT2D eigenvalue weighted by atomic mass is 9.84. The third-order valence-electron chi connectivity index (χ3n) is 9.22. The van der Waals surface area contributed by atoms with Crippen LogP contribution in [0.3, 0.4) is 0 Å². The third-order valence-corrected chi connectivity index (χ3v) is 9.22. The minimum Gasteiger partial charge on any atom is -0.308 e. The summed E-state index contributed by atoms with van der Waals surface area (Å²) in [5.41, 5.74) is 11.7. The molecule has 3 aromatic heterocycles. The van der Waals surface area contributed by atoms with Crippen LogP contribution in [0.15, 0.2) is 158 Å². The van der Waals surface area contributed by atoms with Crippen molar-refractivity contribution in [3.05, 3.63) is 164 Å². The van der Waals surface area contributed by atoms with E-state index < -0.39 is 0 Å². The van der Waals surface area contributed by atoms with Gasteiger partial charge in [-0.2, -0.15) is 0 Å². The second-order valence-corrected chi connectivity index (χ2v) is 11.9. The standard InChI is InChI=1S/C43H29N3/c1-28-19-21-31(26-45-28)46-40-23-24-44-27-39(40)33-22-20-30(25-41(33)46)42-35-15-7-9-17-37(35)43(38-18-10-8-16-36(38)42)34-14-6-5-13-32(34)29-11-3-2-4-12-29/h2-27H,1H3. The molecule has 0 N–H and O–H groups in total. The van der Waals surface area contributed by atoms with E-state index in [1.165, 1.54) is 60.3 Å². The minimum atomic E-state index is 0.999. The number of rotatable bonds is 4. The number of hydrogen-bond donors (Lipinski definition) is 0. The molecule has 0 aliphatic rings. The van der Waals surface area contributed by atoms with Crippen LogP contribution < -0.4 is 0 Å². The average Bonchev–Trinajstić information content (AvgIpc) is 3.45. The third kappa shape index (κ3) is 4.06. The maximum Gasteiger partial charge on any atom is 0.0645 e. The molecule has 0 aliphatic carbocycles. The van der Waals surface area contributed by atoms with E-state index in [-0.39, 0.29) is 0 Å². The number of benzene rings is 6. The normalized spacial score (nSPS) is 11.6. The van der Waals surface area contributed by atoms with Gasteiger partial charge in [-0.1, -0.05) is 115 Å². The Hall–Kier alpha value is -6.06. The van der Waals surface area contributed by atoms with Crippen LogP contribution in [0.5, 0.6) is 0 Å². The van der Waals surface area contributed by atoms with Gasteiger partial charge in [0.1, 0.15) is 0 Å². The molecule has 0 saturated carbocycles. The van der Waals surface area contributed by atoms with Crippen molar-refractivity contribution >= 4 is 43.4 Å². The first-order valence-electron chi connectivity index (χ1n) is 15.7. The lowest BCUT2D eigenvalue weighted by Gasteiger charge is -2.20. The molecule has 6 aromatic carbocycles. The Morgan fingerprint density at radius 3 is 1.80 bits per heavy atom. The maximum absolute atomic E-state index is 4.64. The molecule has 0 saturated heterocycles. The molecule has 9 rings (SSSR count). The number of fused-ring (bicyclic) bond motifs is 5. The highest BCUT2D eigenvalue weighted by atomic mass is 15.0. The van der Waals surface area contributed by atoms with Gasteiger partial charge in [0.2, 0.25) is 0 Å². The van der Waals surface area contributed by atoms with Gasteiger partial charge in [-0.25, -0.2) is 0 Å². The molecule has 0 aliphatic heterocycles. The molecule has 0 spiro atoms. The summed E-state index contributed by atoms with van der Waals surface area (Å²) in [6, 6.07) is 50.5. The topological polar surface area (TPSA) is 30.7 Å². The Morgan fingerprint density at radius 2 is 1.11 bits per heavy atom. The predicted molar refractivity (Wildman–Crippen MR) is 192 cm³/mol. The van der Waals surface area contributed by atoms with E-state index in [2.05, 4.69) is 154 Å². The highest BCUT2D eigenvalue weighted by Gasteiger charge is 2.20. The van der Waals surface area contributed by atoms with Gasteiger partial charge in [-0.3, -0.25) is 9.97 Å². The summed E-state index contributed by atoms with van der Waals surface area (Å²) in [4.78, 5) is 9.13. The number of nitrogens with zero attached hydrogens (tertiary/aromatic N) is 3. The lowest BCUT2D eigenvalue weighted by Crippen LogP contribution is -1.96. The molecule has 0 amide bonds. The minimum absolute atomic E-state index is 0.999. The summed E-state index contributed by atoms with van der Waals surface area (Å²) >= 11 is 0. The number of aryl methyl sites for hydroxylation is 1. The van der Waals surface area contributed by atoms with Crippen LogP contribution in [0.25, 0.3) is 82.4 Å². The van der Waals surface area contributed by atoms with Crippen molar-refractivity contribution in [1.82, 2.24) is 14.5 Å². The highest BCUT2D eigenvalue weighted by molar-refractivity contribution is 6.23. The Morgan fingerprint density at radius 1 is 0.457 bits per heavy atom. The van der Waals surface area contributed by atoms with Gasteiger partial charge in [-0.15, -0.1) is 0 Å². The number of hydrogen-bond acceptors (Lipinski definition) is 2. The monoisotopic (exact) mass is 587 g/mol. The van der Waals surface area contributed by atoms with Crippen molar-refractivity contribution in [1.29, 1.82) is 0 Å². The fourth-order valence-electron chi connectivity index (χ4n) is 7.19. The fraction of sp³-hybridized carbons (Fsp3) is 0.0233. The molecule has 3 heterocycles. The number of pyridine rings is 2. The van der Waals surface area contributed by atoms with Crippen molar-refractivity contribution in [2.24, 2.45) is 0 Å². The van der Waals surface area contributed by atoms with Crippen LogP contribution >= 0.6 is 0 Å². The highest BCUT2D eigenvalue weighted by Crippen LogP contribution is 2.46. The van der Waals surface area contributed by atoms with Gasteiger partial charge >= 0.3 is 0 Å². The SMILES string of the molecule is Cc1ccc(-n2c3ccncc3c3ccc(-c4c5ccccc5c(-c5ccccc5-c5ccccc5)c5ccccc45)cc32)cn1. The summed E-state index contributed by atoms with van der Waals surface area (Å²) in [5, 5.41) is 7.26. The first-order valence-corrected chi connectivity index (χ1v) is 15.7.